The van der Waals surface area contributed by atoms with E-state index in [0.717, 1.165) is 47.0 Å². The molecule has 1 aromatic heterocycles. The average Bonchev–Trinajstić information content (AvgIpc) is 2.86. The van der Waals surface area contributed by atoms with Gasteiger partial charge in [-0.05, 0) is 63.7 Å². The molecule has 1 fully saturated rings. The van der Waals surface area contributed by atoms with Crippen molar-refractivity contribution in [3.63, 3.8) is 0 Å². The smallest absolute Gasteiger partial charge is 0.324 e. The van der Waals surface area contributed by atoms with E-state index in [4.69, 9.17) is 0 Å². The number of carboxylic acid groups (broad SMARTS) is 1. The third-order valence-corrected chi connectivity index (χ3v) is 6.97. The Hall–Kier alpha value is 0.0900. The molecule has 106 valence electrons. The highest BCUT2D eigenvalue weighted by atomic mass is 79.9. The molecule has 1 aromatic rings. The minimum Gasteiger partial charge on any atom is -0.480 e. The Morgan fingerprint density at radius 1 is 1.58 bits per heavy atom. The van der Waals surface area contributed by atoms with Gasteiger partial charge in [0, 0.05) is 15.9 Å². The van der Waals surface area contributed by atoms with Gasteiger partial charge >= 0.3 is 5.97 Å². The molecule has 1 atom stereocenters. The molecule has 6 heteroatoms. The lowest BCUT2D eigenvalue weighted by Gasteiger charge is -2.34. The summed E-state index contributed by atoms with van der Waals surface area (Å²) in [6.07, 6.45) is 3.38. The number of rotatable bonds is 5. The number of carboxylic acids is 1. The maximum Gasteiger partial charge on any atom is 0.324 e. The summed E-state index contributed by atoms with van der Waals surface area (Å²) in [5.41, 5.74) is -0.655. The SMILES string of the molecule is CCCC1(C(=O)O)CCCN1Cc1cc(Br)c(Br)s1. The van der Waals surface area contributed by atoms with Crippen molar-refractivity contribution in [3.05, 3.63) is 19.2 Å². The molecule has 3 nitrogen and oxygen atoms in total. The van der Waals surface area contributed by atoms with Crippen LogP contribution in [0.1, 0.15) is 37.5 Å². The lowest BCUT2D eigenvalue weighted by atomic mass is 9.90. The number of likely N-dealkylation sites (tertiary alicyclic amines) is 1. The van der Waals surface area contributed by atoms with Gasteiger partial charge in [0.15, 0.2) is 0 Å². The molecule has 1 unspecified atom stereocenters. The van der Waals surface area contributed by atoms with Crippen LogP contribution < -0.4 is 0 Å². The van der Waals surface area contributed by atoms with Gasteiger partial charge in [-0.3, -0.25) is 9.69 Å². The van der Waals surface area contributed by atoms with Gasteiger partial charge in [-0.1, -0.05) is 13.3 Å². The van der Waals surface area contributed by atoms with Crippen LogP contribution in [-0.4, -0.2) is 28.1 Å². The van der Waals surface area contributed by atoms with Crippen molar-refractivity contribution < 1.29 is 9.90 Å². The van der Waals surface area contributed by atoms with Crippen LogP contribution in [0.2, 0.25) is 0 Å². The average molecular weight is 411 g/mol. The number of aliphatic carboxylic acids is 1. The van der Waals surface area contributed by atoms with E-state index in [1.807, 2.05) is 0 Å². The van der Waals surface area contributed by atoms with Crippen LogP contribution in [0.5, 0.6) is 0 Å². The Kier molecular flexibility index (Phi) is 5.09. The molecule has 1 saturated heterocycles. The van der Waals surface area contributed by atoms with Gasteiger partial charge in [0.2, 0.25) is 0 Å². The van der Waals surface area contributed by atoms with E-state index in [1.54, 1.807) is 11.3 Å². The normalized spacial score (nSPS) is 23.9. The Morgan fingerprint density at radius 2 is 2.32 bits per heavy atom. The van der Waals surface area contributed by atoms with Gasteiger partial charge in [0.05, 0.1) is 3.79 Å². The van der Waals surface area contributed by atoms with Crippen molar-refractivity contribution in [2.24, 2.45) is 0 Å². The lowest BCUT2D eigenvalue weighted by molar-refractivity contribution is -0.150. The van der Waals surface area contributed by atoms with E-state index in [2.05, 4.69) is 49.7 Å². The summed E-state index contributed by atoms with van der Waals surface area (Å²) < 4.78 is 2.11. The van der Waals surface area contributed by atoms with Crippen LogP contribution in [0, 0.1) is 0 Å². The second-order valence-corrected chi connectivity index (χ2v) is 8.26. The first kappa shape index (κ1) is 15.5. The highest BCUT2D eigenvalue weighted by molar-refractivity contribution is 9.13. The minimum absolute atomic E-state index is 0.655. The first-order valence-electron chi connectivity index (χ1n) is 6.42. The minimum atomic E-state index is -0.665. The van der Waals surface area contributed by atoms with Crippen LogP contribution in [0.4, 0.5) is 0 Å². The number of carbonyl (C=O) groups is 1. The summed E-state index contributed by atoms with van der Waals surface area (Å²) in [6.45, 7) is 3.65. The molecular formula is C13H17Br2NO2S. The summed E-state index contributed by atoms with van der Waals surface area (Å²) in [7, 11) is 0. The quantitative estimate of drug-likeness (QED) is 0.777. The van der Waals surface area contributed by atoms with Gasteiger partial charge < -0.3 is 5.11 Å². The second kappa shape index (κ2) is 6.24. The molecule has 0 saturated carbocycles. The molecule has 19 heavy (non-hydrogen) atoms. The molecule has 0 spiro atoms. The maximum atomic E-state index is 11.7. The Morgan fingerprint density at radius 3 is 2.84 bits per heavy atom. The molecule has 2 heterocycles. The monoisotopic (exact) mass is 409 g/mol. The molecule has 1 N–H and O–H groups in total. The molecule has 0 aromatic carbocycles. The fourth-order valence-electron chi connectivity index (χ4n) is 2.87. The van der Waals surface area contributed by atoms with Crippen LogP contribution in [0.15, 0.2) is 14.3 Å². The maximum absolute atomic E-state index is 11.7. The fraction of sp³-hybridized carbons (Fsp3) is 0.615. The predicted octanol–water partition coefficient (Wildman–Crippen LogP) is 4.49. The largest absolute Gasteiger partial charge is 0.480 e. The second-order valence-electron chi connectivity index (χ2n) is 4.95. The predicted molar refractivity (Wildman–Crippen MR) is 84.6 cm³/mol. The van der Waals surface area contributed by atoms with Crippen LogP contribution >= 0.6 is 43.2 Å². The Bertz CT molecular complexity index is 458. The van der Waals surface area contributed by atoms with E-state index in [1.165, 1.54) is 4.88 Å². The molecule has 1 aliphatic heterocycles. The summed E-state index contributed by atoms with van der Waals surface area (Å²) >= 11 is 8.64. The summed E-state index contributed by atoms with van der Waals surface area (Å²) in [5.74, 6) is -0.665. The summed E-state index contributed by atoms with van der Waals surface area (Å²) in [4.78, 5) is 15.1. The summed E-state index contributed by atoms with van der Waals surface area (Å²) in [6, 6.07) is 2.08. The van der Waals surface area contributed by atoms with Crippen LogP contribution in [-0.2, 0) is 11.3 Å². The molecule has 0 radical (unpaired) electrons. The molecular weight excluding hydrogens is 394 g/mol. The van der Waals surface area contributed by atoms with Gasteiger partial charge in [0.25, 0.3) is 0 Å². The number of thiophene rings is 1. The Labute approximate surface area is 134 Å². The first-order chi connectivity index (χ1) is 8.99. The van der Waals surface area contributed by atoms with Gasteiger partial charge in [-0.2, -0.15) is 0 Å². The molecule has 0 bridgehead atoms. The number of hydrogen-bond donors (Lipinski definition) is 1. The van der Waals surface area contributed by atoms with Crippen LogP contribution in [0.3, 0.4) is 0 Å². The molecule has 0 amide bonds. The van der Waals surface area contributed by atoms with Crippen molar-refractivity contribution in [1.29, 1.82) is 0 Å². The lowest BCUT2D eigenvalue weighted by Crippen LogP contribution is -2.49. The third kappa shape index (κ3) is 3.06. The zero-order chi connectivity index (χ0) is 14.0. The van der Waals surface area contributed by atoms with E-state index in [-0.39, 0.29) is 0 Å². The van der Waals surface area contributed by atoms with E-state index in [9.17, 15) is 9.90 Å². The topological polar surface area (TPSA) is 40.5 Å². The van der Waals surface area contributed by atoms with Gasteiger partial charge in [0.1, 0.15) is 5.54 Å². The zero-order valence-corrected chi connectivity index (χ0v) is 14.8. The number of nitrogens with zero attached hydrogens (tertiary/aromatic N) is 1. The summed E-state index contributed by atoms with van der Waals surface area (Å²) in [5, 5.41) is 9.65. The standard InChI is InChI=1S/C13H17Br2NO2S/c1-2-4-13(12(17)18)5-3-6-16(13)8-9-7-10(14)11(15)19-9/h7H,2-6,8H2,1H3,(H,17,18). The van der Waals surface area contributed by atoms with Crippen molar-refractivity contribution in [2.45, 2.75) is 44.7 Å². The van der Waals surface area contributed by atoms with Crippen LogP contribution in [0.25, 0.3) is 0 Å². The molecule has 2 rings (SSSR count). The van der Waals surface area contributed by atoms with Crippen molar-refractivity contribution >= 4 is 49.2 Å². The van der Waals surface area contributed by atoms with Gasteiger partial charge in [-0.25, -0.2) is 0 Å². The zero-order valence-electron chi connectivity index (χ0n) is 10.8. The van der Waals surface area contributed by atoms with Gasteiger partial charge in [-0.15, -0.1) is 11.3 Å². The highest BCUT2D eigenvalue weighted by Crippen LogP contribution is 2.38. The fourth-order valence-corrected chi connectivity index (χ4v) is 5.06. The van der Waals surface area contributed by atoms with Crippen molar-refractivity contribution in [2.75, 3.05) is 6.54 Å². The van der Waals surface area contributed by atoms with E-state index < -0.39 is 11.5 Å². The number of halogens is 2. The third-order valence-electron chi connectivity index (χ3n) is 3.73. The number of hydrogen-bond acceptors (Lipinski definition) is 3. The molecule has 0 aliphatic carbocycles. The van der Waals surface area contributed by atoms with E-state index >= 15 is 0 Å². The highest BCUT2D eigenvalue weighted by Gasteiger charge is 2.46. The first-order valence-corrected chi connectivity index (χ1v) is 8.82. The van der Waals surface area contributed by atoms with Crippen molar-refractivity contribution in [3.8, 4) is 0 Å². The molecule has 1 aliphatic rings. The van der Waals surface area contributed by atoms with E-state index in [0.29, 0.717) is 0 Å². The van der Waals surface area contributed by atoms with Crippen molar-refractivity contribution in [1.82, 2.24) is 4.90 Å². The Balaban J connectivity index is 2.20.